The molecule has 3 aromatic rings. The van der Waals surface area contributed by atoms with Crippen LogP contribution in [-0.2, 0) is 18.1 Å². The lowest BCUT2D eigenvalue weighted by atomic mass is 9.82. The van der Waals surface area contributed by atoms with Crippen LogP contribution in [0.5, 0.6) is 0 Å². The second-order valence-corrected chi connectivity index (χ2v) is 9.30. The predicted octanol–water partition coefficient (Wildman–Crippen LogP) is 3.77. The number of rotatable bonds is 4. The predicted molar refractivity (Wildman–Crippen MR) is 111 cm³/mol. The van der Waals surface area contributed by atoms with E-state index in [4.69, 9.17) is 5.73 Å². The van der Waals surface area contributed by atoms with Crippen LogP contribution in [-0.4, -0.2) is 42.7 Å². The maximum atomic E-state index is 13.3. The molecule has 10 heteroatoms. The lowest BCUT2D eigenvalue weighted by Crippen LogP contribution is -2.33. The molecule has 6 rings (SSSR count). The number of nitrogens with two attached hydrogens (primary N) is 1. The Balaban J connectivity index is 1.30. The standard InChI is InChI=1S/C22H24F3N7/c23-22(24,25)15-9-14(11-29-19(15)26)16-10-17-21(4-8-32(17)30-16)3-7-31(12-21)18(13-1-2-13)20-27-5-6-28-20/h5-6,9-11,13,18H,1-4,7-8,12H2,(H2,26,29)(H,27,28)/t18?,21-/m1/s1. The first kappa shape index (κ1) is 19.8. The number of hydrogen-bond acceptors (Lipinski definition) is 5. The molecule has 1 spiro atoms. The van der Waals surface area contributed by atoms with E-state index < -0.39 is 17.6 Å². The number of nitrogen functional groups attached to an aromatic ring is 1. The third kappa shape index (κ3) is 3.11. The van der Waals surface area contributed by atoms with Gasteiger partial charge in [-0.1, -0.05) is 0 Å². The van der Waals surface area contributed by atoms with Crippen LogP contribution in [0.1, 0.15) is 48.8 Å². The van der Waals surface area contributed by atoms with Gasteiger partial charge in [-0.2, -0.15) is 18.3 Å². The van der Waals surface area contributed by atoms with E-state index in [1.807, 2.05) is 23.1 Å². The number of aromatic nitrogens is 5. The van der Waals surface area contributed by atoms with Crippen molar-refractivity contribution >= 4 is 5.82 Å². The molecule has 168 valence electrons. The zero-order valence-electron chi connectivity index (χ0n) is 17.4. The summed E-state index contributed by atoms with van der Waals surface area (Å²) in [5.41, 5.74) is 6.47. The molecule has 7 nitrogen and oxygen atoms in total. The summed E-state index contributed by atoms with van der Waals surface area (Å²) in [4.78, 5) is 14.1. The number of aromatic amines is 1. The Morgan fingerprint density at radius 2 is 1.97 bits per heavy atom. The van der Waals surface area contributed by atoms with Crippen molar-refractivity contribution in [3.63, 3.8) is 0 Å². The van der Waals surface area contributed by atoms with Crippen LogP contribution in [0.25, 0.3) is 11.3 Å². The summed E-state index contributed by atoms with van der Waals surface area (Å²) < 4.78 is 41.8. The van der Waals surface area contributed by atoms with Crippen molar-refractivity contribution < 1.29 is 13.2 Å². The van der Waals surface area contributed by atoms with Gasteiger partial charge in [-0.15, -0.1) is 0 Å². The lowest BCUT2D eigenvalue weighted by Gasteiger charge is -2.29. The van der Waals surface area contributed by atoms with Gasteiger partial charge in [0.15, 0.2) is 0 Å². The van der Waals surface area contributed by atoms with Crippen LogP contribution < -0.4 is 5.73 Å². The normalized spacial score (nSPS) is 24.3. The van der Waals surface area contributed by atoms with Gasteiger partial charge in [0.25, 0.3) is 0 Å². The number of halogens is 3. The van der Waals surface area contributed by atoms with Gasteiger partial charge in [0.2, 0.25) is 0 Å². The van der Waals surface area contributed by atoms with Gasteiger partial charge in [0.1, 0.15) is 11.6 Å². The van der Waals surface area contributed by atoms with Crippen LogP contribution in [0.4, 0.5) is 19.0 Å². The highest BCUT2D eigenvalue weighted by Gasteiger charge is 2.50. The number of hydrogen-bond donors (Lipinski definition) is 2. The number of alkyl halides is 3. The summed E-state index contributed by atoms with van der Waals surface area (Å²) in [6, 6.07) is 3.30. The molecule has 32 heavy (non-hydrogen) atoms. The molecular formula is C22H24F3N7. The molecule has 0 radical (unpaired) electrons. The fraction of sp³-hybridized carbons (Fsp3) is 0.500. The number of anilines is 1. The Hall–Kier alpha value is -2.88. The highest BCUT2D eigenvalue weighted by atomic mass is 19.4. The quantitative estimate of drug-likeness (QED) is 0.641. The maximum Gasteiger partial charge on any atom is 0.419 e. The summed E-state index contributed by atoms with van der Waals surface area (Å²) in [7, 11) is 0. The molecule has 2 atom stereocenters. The minimum Gasteiger partial charge on any atom is -0.383 e. The second-order valence-electron chi connectivity index (χ2n) is 9.30. The molecule has 0 bridgehead atoms. The Morgan fingerprint density at radius 1 is 1.16 bits per heavy atom. The molecule has 3 aliphatic rings. The first-order valence-electron chi connectivity index (χ1n) is 11.0. The molecule has 0 aromatic carbocycles. The van der Waals surface area contributed by atoms with Crippen molar-refractivity contribution in [2.45, 2.75) is 49.9 Å². The summed E-state index contributed by atoms with van der Waals surface area (Å²) in [5.74, 6) is 1.16. The number of pyridine rings is 1. The summed E-state index contributed by atoms with van der Waals surface area (Å²) in [5, 5.41) is 4.63. The minimum atomic E-state index is -4.55. The van der Waals surface area contributed by atoms with Gasteiger partial charge in [-0.3, -0.25) is 9.58 Å². The van der Waals surface area contributed by atoms with E-state index in [9.17, 15) is 13.2 Å². The highest BCUT2D eigenvalue weighted by Crippen LogP contribution is 2.50. The first-order valence-corrected chi connectivity index (χ1v) is 11.0. The molecular weight excluding hydrogens is 419 g/mol. The minimum absolute atomic E-state index is 0.0287. The van der Waals surface area contributed by atoms with Crippen molar-refractivity contribution in [1.29, 1.82) is 0 Å². The number of nitrogens with zero attached hydrogens (tertiary/aromatic N) is 5. The number of likely N-dealkylation sites (tertiary alicyclic amines) is 1. The van der Waals surface area contributed by atoms with Crippen molar-refractivity contribution in [3.05, 3.63) is 47.8 Å². The van der Waals surface area contributed by atoms with Crippen molar-refractivity contribution in [3.8, 4) is 11.3 Å². The fourth-order valence-electron chi connectivity index (χ4n) is 5.55. The van der Waals surface area contributed by atoms with E-state index >= 15 is 0 Å². The number of nitrogens with one attached hydrogen (secondary N) is 1. The largest absolute Gasteiger partial charge is 0.419 e. The smallest absolute Gasteiger partial charge is 0.383 e. The van der Waals surface area contributed by atoms with Gasteiger partial charge in [0.05, 0.1) is 17.3 Å². The molecule has 1 aliphatic carbocycles. The maximum absolute atomic E-state index is 13.3. The van der Waals surface area contributed by atoms with Crippen LogP contribution >= 0.6 is 0 Å². The van der Waals surface area contributed by atoms with Gasteiger partial charge in [-0.25, -0.2) is 9.97 Å². The van der Waals surface area contributed by atoms with Gasteiger partial charge >= 0.3 is 6.18 Å². The zero-order chi connectivity index (χ0) is 22.1. The van der Waals surface area contributed by atoms with Gasteiger partial charge in [-0.05, 0) is 50.3 Å². The fourth-order valence-corrected chi connectivity index (χ4v) is 5.55. The summed E-state index contributed by atoms with van der Waals surface area (Å²) in [6.45, 7) is 2.66. The van der Waals surface area contributed by atoms with Crippen LogP contribution in [0.3, 0.4) is 0 Å². The van der Waals surface area contributed by atoms with Crippen LogP contribution in [0, 0.1) is 5.92 Å². The Kier molecular flexibility index (Phi) is 4.21. The lowest BCUT2D eigenvalue weighted by molar-refractivity contribution is -0.137. The van der Waals surface area contributed by atoms with E-state index in [1.54, 1.807) is 0 Å². The number of aryl methyl sites for hydroxylation is 1. The first-order chi connectivity index (χ1) is 15.3. The summed E-state index contributed by atoms with van der Waals surface area (Å²) >= 11 is 0. The molecule has 0 amide bonds. The molecule has 2 fully saturated rings. The van der Waals surface area contributed by atoms with E-state index in [2.05, 4.69) is 25.0 Å². The molecule has 5 heterocycles. The third-order valence-electron chi connectivity index (χ3n) is 7.29. The summed E-state index contributed by atoms with van der Waals surface area (Å²) in [6.07, 6.45) is 4.96. The average molecular weight is 443 g/mol. The molecule has 1 unspecified atom stereocenters. The van der Waals surface area contributed by atoms with E-state index in [1.165, 1.54) is 19.0 Å². The van der Waals surface area contributed by atoms with E-state index in [0.717, 1.165) is 50.1 Å². The van der Waals surface area contributed by atoms with Crippen LogP contribution in [0.15, 0.2) is 30.7 Å². The van der Waals surface area contributed by atoms with E-state index in [0.29, 0.717) is 23.2 Å². The van der Waals surface area contributed by atoms with Crippen LogP contribution in [0.2, 0.25) is 0 Å². The van der Waals surface area contributed by atoms with Crippen molar-refractivity contribution in [1.82, 2.24) is 29.6 Å². The highest BCUT2D eigenvalue weighted by molar-refractivity contribution is 5.63. The molecule has 3 N–H and O–H groups in total. The number of H-pyrrole nitrogens is 1. The van der Waals surface area contributed by atoms with E-state index in [-0.39, 0.29) is 5.41 Å². The Labute approximate surface area is 182 Å². The molecule has 2 aliphatic heterocycles. The molecule has 1 saturated carbocycles. The monoisotopic (exact) mass is 443 g/mol. The molecule has 3 aromatic heterocycles. The average Bonchev–Trinajstić information content (AvgIpc) is 3.15. The number of fused-ring (bicyclic) bond motifs is 2. The van der Waals surface area contributed by atoms with Crippen molar-refractivity contribution in [2.75, 3.05) is 18.8 Å². The Morgan fingerprint density at radius 3 is 2.69 bits per heavy atom. The third-order valence-corrected chi connectivity index (χ3v) is 7.29. The molecule has 1 saturated heterocycles. The SMILES string of the molecule is Nc1ncc(-c2cc3n(n2)CC[C@@]32CCN(C(c3ncc[nH]3)C3CC3)C2)cc1C(F)(F)F. The van der Waals surface area contributed by atoms with Gasteiger partial charge < -0.3 is 10.7 Å². The number of imidazole rings is 1. The van der Waals surface area contributed by atoms with Crippen molar-refractivity contribution in [2.24, 2.45) is 5.92 Å². The Bertz CT molecular complexity index is 1150. The zero-order valence-corrected chi connectivity index (χ0v) is 17.4. The van der Waals surface area contributed by atoms with Gasteiger partial charge in [0, 0.05) is 48.4 Å². The second kappa shape index (κ2) is 6.81. The topological polar surface area (TPSA) is 88.7 Å².